The Morgan fingerprint density at radius 3 is 2.67 bits per heavy atom. The monoisotopic (exact) mass is 208 g/mol. The lowest BCUT2D eigenvalue weighted by Crippen LogP contribution is -2.20. The van der Waals surface area contributed by atoms with E-state index in [0.717, 1.165) is 6.42 Å². The summed E-state index contributed by atoms with van der Waals surface area (Å²) in [5.74, 6) is 1.40. The highest BCUT2D eigenvalue weighted by Gasteiger charge is 2.15. The molecule has 1 heterocycles. The fraction of sp³-hybridized carbons (Fsp3) is 0.700. The fourth-order valence-corrected chi connectivity index (χ4v) is 2.21. The zero-order chi connectivity index (χ0) is 10.7. The maximum atomic E-state index is 11.1. The van der Waals surface area contributed by atoms with Gasteiger partial charge in [-0.1, -0.05) is 32.1 Å². The number of nitrogen functional groups attached to an aromatic ring is 1. The molecule has 0 radical (unpaired) electrons. The Kier molecular flexibility index (Phi) is 2.99. The SMILES string of the molecule is Nc1nc(CC2CCCCC2)[nH]c(=O)n1. The average Bonchev–Trinajstić information content (AvgIpc) is 2.17. The van der Waals surface area contributed by atoms with Gasteiger partial charge in [0.1, 0.15) is 5.82 Å². The van der Waals surface area contributed by atoms with Gasteiger partial charge in [-0.2, -0.15) is 9.97 Å². The third-order valence-corrected chi connectivity index (χ3v) is 2.92. The highest BCUT2D eigenvalue weighted by molar-refractivity contribution is 5.12. The van der Waals surface area contributed by atoms with Crippen LogP contribution in [0.4, 0.5) is 5.95 Å². The van der Waals surface area contributed by atoms with Gasteiger partial charge in [-0.05, 0) is 5.92 Å². The molecule has 0 amide bonds. The van der Waals surface area contributed by atoms with Gasteiger partial charge in [0.15, 0.2) is 0 Å². The van der Waals surface area contributed by atoms with E-state index in [1.165, 1.54) is 32.1 Å². The van der Waals surface area contributed by atoms with Crippen LogP contribution < -0.4 is 11.4 Å². The molecule has 2 rings (SSSR count). The molecule has 3 N–H and O–H groups in total. The van der Waals surface area contributed by atoms with Crippen LogP contribution in [-0.4, -0.2) is 15.0 Å². The van der Waals surface area contributed by atoms with Crippen molar-refractivity contribution < 1.29 is 0 Å². The topological polar surface area (TPSA) is 84.7 Å². The highest BCUT2D eigenvalue weighted by Crippen LogP contribution is 2.25. The van der Waals surface area contributed by atoms with Crippen LogP contribution in [0.15, 0.2) is 4.79 Å². The quantitative estimate of drug-likeness (QED) is 0.755. The summed E-state index contributed by atoms with van der Waals surface area (Å²) in [6, 6.07) is 0. The molecule has 5 nitrogen and oxygen atoms in total. The molecule has 0 saturated heterocycles. The Bertz CT molecular complexity index is 381. The number of nitrogens with zero attached hydrogens (tertiary/aromatic N) is 2. The van der Waals surface area contributed by atoms with Crippen LogP contribution in [0.25, 0.3) is 0 Å². The van der Waals surface area contributed by atoms with E-state index in [1.54, 1.807) is 0 Å². The number of nitrogens with two attached hydrogens (primary N) is 1. The normalized spacial score (nSPS) is 17.9. The van der Waals surface area contributed by atoms with Crippen LogP contribution in [0.2, 0.25) is 0 Å². The molecule has 1 aromatic heterocycles. The minimum absolute atomic E-state index is 0.0737. The second-order valence-corrected chi connectivity index (χ2v) is 4.17. The van der Waals surface area contributed by atoms with Crippen molar-refractivity contribution in [2.75, 3.05) is 5.73 Å². The molecule has 0 bridgehead atoms. The lowest BCUT2D eigenvalue weighted by molar-refractivity contribution is 0.351. The molecule has 0 spiro atoms. The summed E-state index contributed by atoms with van der Waals surface area (Å²) in [5.41, 5.74) is 5.03. The Balaban J connectivity index is 2.06. The molecule has 0 aliphatic heterocycles. The minimum Gasteiger partial charge on any atom is -0.368 e. The second kappa shape index (κ2) is 4.42. The molecule has 1 fully saturated rings. The van der Waals surface area contributed by atoms with Crippen LogP contribution >= 0.6 is 0 Å². The van der Waals surface area contributed by atoms with Gasteiger partial charge >= 0.3 is 5.69 Å². The third kappa shape index (κ3) is 2.78. The summed E-state index contributed by atoms with van der Waals surface area (Å²) in [7, 11) is 0. The zero-order valence-corrected chi connectivity index (χ0v) is 8.70. The molecule has 0 aromatic carbocycles. The maximum absolute atomic E-state index is 11.1. The van der Waals surface area contributed by atoms with E-state index in [-0.39, 0.29) is 5.95 Å². The number of hydrogen-bond donors (Lipinski definition) is 2. The highest BCUT2D eigenvalue weighted by atomic mass is 16.1. The van der Waals surface area contributed by atoms with Crippen LogP contribution in [0.1, 0.15) is 37.9 Å². The van der Waals surface area contributed by atoms with Gasteiger partial charge in [0.05, 0.1) is 0 Å². The molecule has 0 atom stereocenters. The largest absolute Gasteiger partial charge is 0.368 e. The van der Waals surface area contributed by atoms with E-state index >= 15 is 0 Å². The van der Waals surface area contributed by atoms with Gasteiger partial charge in [-0.3, -0.25) is 4.98 Å². The van der Waals surface area contributed by atoms with Crippen LogP contribution in [0, 0.1) is 5.92 Å². The molecule has 1 aromatic rings. The van der Waals surface area contributed by atoms with Gasteiger partial charge in [-0.15, -0.1) is 0 Å². The Morgan fingerprint density at radius 2 is 2.00 bits per heavy atom. The first-order valence-corrected chi connectivity index (χ1v) is 5.47. The van der Waals surface area contributed by atoms with Crippen molar-refractivity contribution in [3.8, 4) is 0 Å². The minimum atomic E-state index is -0.395. The van der Waals surface area contributed by atoms with Crippen molar-refractivity contribution in [3.63, 3.8) is 0 Å². The molecule has 1 saturated carbocycles. The van der Waals surface area contributed by atoms with E-state index in [9.17, 15) is 4.79 Å². The van der Waals surface area contributed by atoms with Crippen LogP contribution in [-0.2, 0) is 6.42 Å². The molecule has 0 unspecified atom stereocenters. The number of rotatable bonds is 2. The Hall–Kier alpha value is -1.39. The first-order chi connectivity index (χ1) is 7.24. The van der Waals surface area contributed by atoms with Crippen molar-refractivity contribution >= 4 is 5.95 Å². The van der Waals surface area contributed by atoms with Crippen LogP contribution in [0.3, 0.4) is 0 Å². The zero-order valence-electron chi connectivity index (χ0n) is 8.70. The lowest BCUT2D eigenvalue weighted by atomic mass is 9.87. The molecule has 82 valence electrons. The van der Waals surface area contributed by atoms with Gasteiger partial charge in [-0.25, -0.2) is 4.79 Å². The molecule has 1 aliphatic rings. The maximum Gasteiger partial charge on any atom is 0.349 e. The summed E-state index contributed by atoms with van der Waals surface area (Å²) in [6.07, 6.45) is 7.18. The number of aromatic amines is 1. The number of H-pyrrole nitrogens is 1. The summed E-state index contributed by atoms with van der Waals surface area (Å²) in [6.45, 7) is 0. The van der Waals surface area contributed by atoms with Crippen molar-refractivity contribution in [1.82, 2.24) is 15.0 Å². The Morgan fingerprint density at radius 1 is 1.27 bits per heavy atom. The van der Waals surface area contributed by atoms with Gasteiger partial charge in [0.25, 0.3) is 0 Å². The van der Waals surface area contributed by atoms with E-state index in [1.807, 2.05) is 0 Å². The van der Waals surface area contributed by atoms with Gasteiger partial charge < -0.3 is 5.73 Å². The van der Waals surface area contributed by atoms with E-state index in [0.29, 0.717) is 11.7 Å². The number of nitrogens with one attached hydrogen (secondary N) is 1. The molecule has 5 heteroatoms. The first kappa shape index (κ1) is 10.1. The summed E-state index contributed by atoms with van der Waals surface area (Å²) in [4.78, 5) is 21.2. The number of hydrogen-bond acceptors (Lipinski definition) is 4. The van der Waals surface area contributed by atoms with E-state index < -0.39 is 5.69 Å². The standard InChI is InChI=1S/C10H16N4O/c11-9-12-8(13-10(15)14-9)6-7-4-2-1-3-5-7/h7H,1-6H2,(H3,11,12,13,14,15). The molecule has 1 aliphatic carbocycles. The lowest BCUT2D eigenvalue weighted by Gasteiger charge is -2.20. The van der Waals surface area contributed by atoms with Gasteiger partial charge in [0.2, 0.25) is 5.95 Å². The van der Waals surface area contributed by atoms with Crippen molar-refractivity contribution in [3.05, 3.63) is 16.3 Å². The van der Waals surface area contributed by atoms with Crippen molar-refractivity contribution in [1.29, 1.82) is 0 Å². The van der Waals surface area contributed by atoms with Crippen LogP contribution in [0.5, 0.6) is 0 Å². The summed E-state index contributed by atoms with van der Waals surface area (Å²) >= 11 is 0. The van der Waals surface area contributed by atoms with Crippen molar-refractivity contribution in [2.45, 2.75) is 38.5 Å². The smallest absolute Gasteiger partial charge is 0.349 e. The molecular formula is C10H16N4O. The van der Waals surface area contributed by atoms with E-state index in [4.69, 9.17) is 5.73 Å². The first-order valence-electron chi connectivity index (χ1n) is 5.47. The van der Waals surface area contributed by atoms with E-state index in [2.05, 4.69) is 15.0 Å². The predicted octanol–water partition coefficient (Wildman–Crippen LogP) is 0.870. The second-order valence-electron chi connectivity index (χ2n) is 4.17. The summed E-state index contributed by atoms with van der Waals surface area (Å²) < 4.78 is 0. The third-order valence-electron chi connectivity index (χ3n) is 2.92. The van der Waals surface area contributed by atoms with Gasteiger partial charge in [0, 0.05) is 6.42 Å². The fourth-order valence-electron chi connectivity index (χ4n) is 2.21. The Labute approximate surface area is 88.1 Å². The molecular weight excluding hydrogens is 192 g/mol. The average molecular weight is 208 g/mol. The predicted molar refractivity (Wildman–Crippen MR) is 57.3 cm³/mol. The molecule has 15 heavy (non-hydrogen) atoms. The summed E-state index contributed by atoms with van der Waals surface area (Å²) in [5, 5.41) is 0. The number of anilines is 1. The van der Waals surface area contributed by atoms with Crippen molar-refractivity contribution in [2.24, 2.45) is 5.92 Å². The number of aromatic nitrogens is 3.